The average molecular weight is 228 g/mol. The van der Waals surface area contributed by atoms with Crippen LogP contribution in [-0.4, -0.2) is 3.79 Å². The molecule has 0 radical (unpaired) electrons. The van der Waals surface area contributed by atoms with E-state index in [0.29, 0.717) is 0 Å². The standard InChI is InChI=1S/C4H3Cl5/c5-3(6)1-2-4(7,8)9/h1H,2H2. The first kappa shape index (κ1) is 10.2. The number of rotatable bonds is 1. The third kappa shape index (κ3) is 9.19. The average Bonchev–Trinajstić information content (AvgIpc) is 1.59. The molecule has 0 bridgehead atoms. The van der Waals surface area contributed by atoms with Gasteiger partial charge in [-0.1, -0.05) is 58.0 Å². The van der Waals surface area contributed by atoms with Gasteiger partial charge in [0.1, 0.15) is 4.49 Å². The van der Waals surface area contributed by atoms with Gasteiger partial charge < -0.3 is 0 Å². The largest absolute Gasteiger partial charge is 0.194 e. The van der Waals surface area contributed by atoms with E-state index in [4.69, 9.17) is 58.0 Å². The minimum Gasteiger partial charge on any atom is -0.0833 e. The van der Waals surface area contributed by atoms with Crippen LogP contribution in [0, 0.1) is 0 Å². The summed E-state index contributed by atoms with van der Waals surface area (Å²) in [5.41, 5.74) is 0. The first-order valence-corrected chi connectivity index (χ1v) is 3.89. The Morgan fingerprint density at radius 1 is 1.22 bits per heavy atom. The molecule has 54 valence electrons. The van der Waals surface area contributed by atoms with E-state index in [9.17, 15) is 0 Å². The summed E-state index contributed by atoms with van der Waals surface area (Å²) in [4.78, 5) is 0. The highest BCUT2D eigenvalue weighted by molar-refractivity contribution is 6.67. The normalized spacial score (nSPS) is 11.2. The molecule has 0 heterocycles. The first-order valence-electron chi connectivity index (χ1n) is 2.00. The molecule has 9 heavy (non-hydrogen) atoms. The number of hydrogen-bond acceptors (Lipinski definition) is 0. The van der Waals surface area contributed by atoms with Gasteiger partial charge in [0.05, 0.1) is 0 Å². The lowest BCUT2D eigenvalue weighted by Gasteiger charge is -2.04. The van der Waals surface area contributed by atoms with E-state index in [-0.39, 0.29) is 10.9 Å². The molecule has 0 aromatic heterocycles. The zero-order chi connectivity index (χ0) is 7.49. The second kappa shape index (κ2) is 4.15. The third-order valence-corrected chi connectivity index (χ3v) is 1.26. The molecule has 0 spiro atoms. The van der Waals surface area contributed by atoms with Crippen molar-refractivity contribution in [3.8, 4) is 0 Å². The zero-order valence-corrected chi connectivity index (χ0v) is 7.95. The van der Waals surface area contributed by atoms with E-state index in [1.165, 1.54) is 6.08 Å². The van der Waals surface area contributed by atoms with Gasteiger partial charge in [0, 0.05) is 6.42 Å². The number of allylic oxidation sites excluding steroid dienone is 1. The molecule has 0 aromatic carbocycles. The van der Waals surface area contributed by atoms with Crippen LogP contribution in [0.3, 0.4) is 0 Å². The Morgan fingerprint density at radius 2 is 1.67 bits per heavy atom. The number of alkyl halides is 3. The second-order valence-corrected chi connectivity index (χ2v) is 4.84. The summed E-state index contributed by atoms with van der Waals surface area (Å²) in [7, 11) is 0. The summed E-state index contributed by atoms with van der Waals surface area (Å²) in [5.74, 6) is 0. The number of halogens is 5. The molecule has 0 atom stereocenters. The molecule has 0 saturated carbocycles. The first-order chi connectivity index (χ1) is 3.92. The van der Waals surface area contributed by atoms with Crippen LogP contribution in [0.1, 0.15) is 6.42 Å². The van der Waals surface area contributed by atoms with Gasteiger partial charge in [-0.25, -0.2) is 0 Å². The van der Waals surface area contributed by atoms with Crippen LogP contribution in [0.5, 0.6) is 0 Å². The molecule has 0 aromatic rings. The fraction of sp³-hybridized carbons (Fsp3) is 0.500. The Kier molecular flexibility index (Phi) is 4.70. The summed E-state index contributed by atoms with van der Waals surface area (Å²) < 4.78 is -1.18. The van der Waals surface area contributed by atoms with Crippen LogP contribution in [0.25, 0.3) is 0 Å². The summed E-state index contributed by atoms with van der Waals surface area (Å²) in [6.07, 6.45) is 1.65. The lowest BCUT2D eigenvalue weighted by molar-refractivity contribution is 1.08. The van der Waals surface area contributed by atoms with Gasteiger partial charge in [-0.3, -0.25) is 0 Å². The third-order valence-electron chi connectivity index (χ3n) is 0.488. The maximum atomic E-state index is 5.35. The van der Waals surface area contributed by atoms with Crippen LogP contribution in [0.15, 0.2) is 10.6 Å². The molecule has 0 fully saturated rings. The maximum Gasteiger partial charge on any atom is 0.194 e. The van der Waals surface area contributed by atoms with E-state index in [1.807, 2.05) is 0 Å². The van der Waals surface area contributed by atoms with E-state index < -0.39 is 3.79 Å². The maximum absolute atomic E-state index is 5.35. The fourth-order valence-corrected chi connectivity index (χ4v) is 0.579. The predicted octanol–water partition coefficient (Wildman–Crippen LogP) is 4.07. The molecule has 0 aliphatic rings. The Balaban J connectivity index is 3.64. The van der Waals surface area contributed by atoms with Crippen LogP contribution in [-0.2, 0) is 0 Å². The Labute approximate surface area is 78.7 Å². The van der Waals surface area contributed by atoms with Gasteiger partial charge in [0.25, 0.3) is 0 Å². The van der Waals surface area contributed by atoms with E-state index in [2.05, 4.69) is 0 Å². The van der Waals surface area contributed by atoms with Crippen LogP contribution in [0.2, 0.25) is 0 Å². The minimum absolute atomic E-state index is 0.112. The molecule has 5 heteroatoms. The van der Waals surface area contributed by atoms with Crippen molar-refractivity contribution in [3.63, 3.8) is 0 Å². The molecule has 0 N–H and O–H groups in total. The molecule has 0 amide bonds. The Morgan fingerprint density at radius 3 is 1.78 bits per heavy atom. The van der Waals surface area contributed by atoms with Crippen LogP contribution in [0.4, 0.5) is 0 Å². The quantitative estimate of drug-likeness (QED) is 0.594. The van der Waals surface area contributed by atoms with Crippen molar-refractivity contribution in [2.24, 2.45) is 0 Å². The van der Waals surface area contributed by atoms with Crippen molar-refractivity contribution >= 4 is 58.0 Å². The van der Waals surface area contributed by atoms with Gasteiger partial charge in [-0.05, 0) is 6.08 Å². The second-order valence-electron chi connectivity index (χ2n) is 1.31. The van der Waals surface area contributed by atoms with Crippen molar-refractivity contribution in [1.82, 2.24) is 0 Å². The van der Waals surface area contributed by atoms with E-state index in [0.717, 1.165) is 0 Å². The monoisotopic (exact) mass is 226 g/mol. The number of hydrogen-bond donors (Lipinski definition) is 0. The van der Waals surface area contributed by atoms with Crippen molar-refractivity contribution < 1.29 is 0 Å². The van der Waals surface area contributed by atoms with E-state index >= 15 is 0 Å². The van der Waals surface area contributed by atoms with E-state index in [1.54, 1.807) is 0 Å². The van der Waals surface area contributed by atoms with Crippen molar-refractivity contribution in [2.45, 2.75) is 10.2 Å². The highest BCUT2D eigenvalue weighted by Crippen LogP contribution is 2.31. The minimum atomic E-state index is -1.30. The summed E-state index contributed by atoms with van der Waals surface area (Å²) in [6.45, 7) is 0. The smallest absolute Gasteiger partial charge is 0.0833 e. The summed E-state index contributed by atoms with van der Waals surface area (Å²) >= 11 is 26.5. The van der Waals surface area contributed by atoms with Gasteiger partial charge in [-0.15, -0.1) is 0 Å². The van der Waals surface area contributed by atoms with Crippen molar-refractivity contribution in [3.05, 3.63) is 10.6 Å². The molecular formula is C4H3Cl5. The van der Waals surface area contributed by atoms with Gasteiger partial charge in [0.15, 0.2) is 3.79 Å². The molecule has 0 saturated heterocycles. The topological polar surface area (TPSA) is 0 Å². The molecular weight excluding hydrogens is 225 g/mol. The Bertz CT molecular complexity index is 107. The lowest BCUT2D eigenvalue weighted by atomic mass is 10.5. The predicted molar refractivity (Wildman–Crippen MR) is 44.7 cm³/mol. The van der Waals surface area contributed by atoms with Gasteiger partial charge in [-0.2, -0.15) is 0 Å². The molecule has 0 rings (SSSR count). The highest BCUT2D eigenvalue weighted by atomic mass is 35.6. The molecule has 0 aliphatic heterocycles. The SMILES string of the molecule is ClC(Cl)=CCC(Cl)(Cl)Cl. The fourth-order valence-electron chi connectivity index (χ4n) is 0.193. The lowest BCUT2D eigenvalue weighted by Crippen LogP contribution is -1.97. The van der Waals surface area contributed by atoms with Gasteiger partial charge in [0.2, 0.25) is 0 Å². The van der Waals surface area contributed by atoms with Gasteiger partial charge >= 0.3 is 0 Å². The zero-order valence-electron chi connectivity index (χ0n) is 4.17. The van der Waals surface area contributed by atoms with Crippen molar-refractivity contribution in [2.75, 3.05) is 0 Å². The van der Waals surface area contributed by atoms with Crippen molar-refractivity contribution in [1.29, 1.82) is 0 Å². The molecule has 0 aliphatic carbocycles. The highest BCUT2D eigenvalue weighted by Gasteiger charge is 2.16. The summed E-state index contributed by atoms with van der Waals surface area (Å²) in [6, 6.07) is 0. The van der Waals surface area contributed by atoms with Crippen LogP contribution >= 0.6 is 58.0 Å². The Hall–Kier alpha value is 1.19. The van der Waals surface area contributed by atoms with Crippen LogP contribution < -0.4 is 0 Å². The summed E-state index contributed by atoms with van der Waals surface area (Å²) in [5, 5.41) is 0. The molecule has 0 unspecified atom stereocenters. The molecule has 0 nitrogen and oxygen atoms in total.